The Hall–Kier alpha value is -3.22. The van der Waals surface area contributed by atoms with Gasteiger partial charge in [-0.1, -0.05) is 6.07 Å². The average Bonchev–Trinajstić information content (AvgIpc) is 3.26. The molecule has 30 heavy (non-hydrogen) atoms. The molecule has 3 aromatic rings. The molecule has 154 valence electrons. The van der Waals surface area contributed by atoms with Gasteiger partial charge in [-0.3, -0.25) is 9.48 Å². The first-order valence-corrected chi connectivity index (χ1v) is 10.3. The maximum Gasteiger partial charge on any atom is 0.272 e. The highest BCUT2D eigenvalue weighted by Gasteiger charge is 2.45. The SMILES string of the molecule is Cn1nc(-c2ccc(F)cc2)cc1C(=O)N1C2CCC1CC(Oc1ccccn1)C2. The molecule has 0 saturated carbocycles. The molecule has 0 aliphatic carbocycles. The van der Waals surface area contributed by atoms with Gasteiger partial charge in [0.15, 0.2) is 0 Å². The van der Waals surface area contributed by atoms with Crippen molar-refractivity contribution in [3.8, 4) is 17.1 Å². The fraction of sp³-hybridized carbons (Fsp3) is 0.348. The Morgan fingerprint density at radius 3 is 2.50 bits per heavy atom. The first-order chi connectivity index (χ1) is 14.6. The first kappa shape index (κ1) is 18.8. The van der Waals surface area contributed by atoms with Gasteiger partial charge in [0.1, 0.15) is 17.6 Å². The summed E-state index contributed by atoms with van der Waals surface area (Å²) in [4.78, 5) is 19.7. The summed E-state index contributed by atoms with van der Waals surface area (Å²) in [6.45, 7) is 0. The number of benzene rings is 1. The Bertz CT molecular complexity index is 1040. The van der Waals surface area contributed by atoms with Gasteiger partial charge in [-0.2, -0.15) is 5.10 Å². The molecule has 2 aliphatic rings. The third-order valence-corrected chi connectivity index (χ3v) is 6.09. The molecular weight excluding hydrogens is 383 g/mol. The van der Waals surface area contributed by atoms with Gasteiger partial charge in [-0.05, 0) is 49.2 Å². The van der Waals surface area contributed by atoms with Gasteiger partial charge in [0, 0.05) is 49.8 Å². The lowest BCUT2D eigenvalue weighted by Crippen LogP contribution is -2.49. The van der Waals surface area contributed by atoms with Gasteiger partial charge >= 0.3 is 0 Å². The van der Waals surface area contributed by atoms with Crippen LogP contribution in [0.3, 0.4) is 0 Å². The zero-order valence-corrected chi connectivity index (χ0v) is 16.7. The first-order valence-electron chi connectivity index (χ1n) is 10.3. The van der Waals surface area contributed by atoms with E-state index in [4.69, 9.17) is 4.74 Å². The lowest BCUT2D eigenvalue weighted by molar-refractivity contribution is 0.0339. The number of pyridine rings is 1. The maximum atomic E-state index is 13.4. The Morgan fingerprint density at radius 1 is 1.10 bits per heavy atom. The number of rotatable bonds is 4. The van der Waals surface area contributed by atoms with Crippen LogP contribution in [0.2, 0.25) is 0 Å². The normalized spacial score (nSPS) is 22.9. The van der Waals surface area contributed by atoms with Crippen LogP contribution in [0, 0.1) is 5.82 Å². The van der Waals surface area contributed by atoms with Crippen molar-refractivity contribution in [1.82, 2.24) is 19.7 Å². The summed E-state index contributed by atoms with van der Waals surface area (Å²) in [6.07, 6.45) is 5.39. The third-order valence-electron chi connectivity index (χ3n) is 6.09. The van der Waals surface area contributed by atoms with Crippen molar-refractivity contribution < 1.29 is 13.9 Å². The Morgan fingerprint density at radius 2 is 1.83 bits per heavy atom. The number of fused-ring (bicyclic) bond motifs is 2. The third kappa shape index (κ3) is 3.44. The molecule has 7 heteroatoms. The highest BCUT2D eigenvalue weighted by Crippen LogP contribution is 2.38. The van der Waals surface area contributed by atoms with Crippen molar-refractivity contribution in [2.75, 3.05) is 0 Å². The number of halogens is 1. The molecule has 4 heterocycles. The van der Waals surface area contributed by atoms with Crippen LogP contribution in [-0.2, 0) is 7.05 Å². The molecule has 1 aromatic carbocycles. The molecule has 5 rings (SSSR count). The van der Waals surface area contributed by atoms with E-state index in [-0.39, 0.29) is 29.9 Å². The van der Waals surface area contributed by atoms with E-state index in [2.05, 4.69) is 10.1 Å². The molecule has 0 spiro atoms. The zero-order valence-electron chi connectivity index (χ0n) is 16.7. The Balaban J connectivity index is 1.33. The van der Waals surface area contributed by atoms with Crippen molar-refractivity contribution in [2.45, 2.75) is 43.9 Å². The van der Waals surface area contributed by atoms with Gasteiger partial charge in [-0.25, -0.2) is 9.37 Å². The van der Waals surface area contributed by atoms with E-state index in [1.54, 1.807) is 36.1 Å². The monoisotopic (exact) mass is 406 g/mol. The fourth-order valence-corrected chi connectivity index (χ4v) is 4.70. The molecule has 1 amide bonds. The van der Waals surface area contributed by atoms with Crippen LogP contribution in [0.15, 0.2) is 54.7 Å². The fourth-order valence-electron chi connectivity index (χ4n) is 4.70. The van der Waals surface area contributed by atoms with Crippen molar-refractivity contribution in [1.29, 1.82) is 0 Å². The number of nitrogens with zero attached hydrogens (tertiary/aromatic N) is 4. The molecule has 2 aliphatic heterocycles. The summed E-state index contributed by atoms with van der Waals surface area (Å²) in [5.74, 6) is 0.345. The highest BCUT2D eigenvalue weighted by molar-refractivity contribution is 5.94. The predicted molar refractivity (Wildman–Crippen MR) is 109 cm³/mol. The van der Waals surface area contributed by atoms with E-state index in [0.29, 0.717) is 17.3 Å². The zero-order chi connectivity index (χ0) is 20.7. The number of ether oxygens (including phenoxy) is 1. The minimum atomic E-state index is -0.293. The van der Waals surface area contributed by atoms with Crippen LogP contribution in [0.25, 0.3) is 11.3 Å². The molecule has 2 fully saturated rings. The number of piperidine rings is 1. The molecule has 2 aromatic heterocycles. The van der Waals surface area contributed by atoms with Crippen molar-refractivity contribution >= 4 is 5.91 Å². The molecule has 0 radical (unpaired) electrons. The van der Waals surface area contributed by atoms with Crippen molar-refractivity contribution in [3.05, 3.63) is 66.2 Å². The van der Waals surface area contributed by atoms with Crippen molar-refractivity contribution in [2.24, 2.45) is 7.05 Å². The summed E-state index contributed by atoms with van der Waals surface area (Å²) in [5, 5.41) is 4.48. The van der Waals surface area contributed by atoms with Gasteiger partial charge in [0.25, 0.3) is 5.91 Å². The van der Waals surface area contributed by atoms with Crippen LogP contribution in [-0.4, -0.2) is 43.8 Å². The molecule has 2 saturated heterocycles. The van der Waals surface area contributed by atoms with Crippen LogP contribution in [0.4, 0.5) is 4.39 Å². The number of aryl methyl sites for hydroxylation is 1. The second-order valence-electron chi connectivity index (χ2n) is 8.02. The lowest BCUT2D eigenvalue weighted by Gasteiger charge is -2.38. The number of carbonyl (C=O) groups is 1. The van der Waals surface area contributed by atoms with Crippen LogP contribution in [0.1, 0.15) is 36.2 Å². The average molecular weight is 406 g/mol. The largest absolute Gasteiger partial charge is 0.474 e. The standard InChI is InChI=1S/C23H23FN4O2/c1-27-21(14-20(26-27)15-5-7-16(24)8-6-15)23(29)28-17-9-10-18(28)13-19(12-17)30-22-4-2-3-11-25-22/h2-8,11,14,17-19H,9-10,12-13H2,1H3. The quantitative estimate of drug-likeness (QED) is 0.661. The molecule has 2 bridgehead atoms. The number of amides is 1. The second-order valence-corrected chi connectivity index (χ2v) is 8.02. The van der Waals surface area contributed by atoms with Gasteiger partial charge < -0.3 is 9.64 Å². The summed E-state index contributed by atoms with van der Waals surface area (Å²) >= 11 is 0. The lowest BCUT2D eigenvalue weighted by atomic mass is 9.99. The summed E-state index contributed by atoms with van der Waals surface area (Å²) in [5.41, 5.74) is 2.01. The van der Waals surface area contributed by atoms with E-state index >= 15 is 0 Å². The van der Waals surface area contributed by atoms with E-state index in [1.807, 2.05) is 23.1 Å². The second kappa shape index (κ2) is 7.55. The number of hydrogen-bond acceptors (Lipinski definition) is 4. The van der Waals surface area contributed by atoms with Crippen LogP contribution in [0.5, 0.6) is 5.88 Å². The maximum absolute atomic E-state index is 13.4. The summed E-state index contributed by atoms with van der Waals surface area (Å²) in [7, 11) is 1.78. The predicted octanol–water partition coefficient (Wildman–Crippen LogP) is 3.84. The summed E-state index contributed by atoms with van der Waals surface area (Å²) < 4.78 is 20.9. The van der Waals surface area contributed by atoms with Gasteiger partial charge in [-0.15, -0.1) is 0 Å². The van der Waals surface area contributed by atoms with Crippen LogP contribution < -0.4 is 4.74 Å². The minimum absolute atomic E-state index is 0.00199. The van der Waals surface area contributed by atoms with Crippen molar-refractivity contribution in [3.63, 3.8) is 0 Å². The number of carbonyl (C=O) groups excluding carboxylic acids is 1. The topological polar surface area (TPSA) is 60.2 Å². The van der Waals surface area contributed by atoms with E-state index in [0.717, 1.165) is 31.2 Å². The Labute approximate surface area is 174 Å². The van der Waals surface area contributed by atoms with E-state index in [1.165, 1.54) is 12.1 Å². The summed E-state index contributed by atoms with van der Waals surface area (Å²) in [6, 6.07) is 13.9. The minimum Gasteiger partial charge on any atom is -0.474 e. The number of hydrogen-bond donors (Lipinski definition) is 0. The van der Waals surface area contributed by atoms with Crippen LogP contribution >= 0.6 is 0 Å². The molecule has 2 unspecified atom stereocenters. The van der Waals surface area contributed by atoms with Gasteiger partial charge in [0.05, 0.1) is 5.69 Å². The van der Waals surface area contributed by atoms with E-state index in [9.17, 15) is 9.18 Å². The molecule has 6 nitrogen and oxygen atoms in total. The number of aromatic nitrogens is 3. The molecule has 0 N–H and O–H groups in total. The smallest absolute Gasteiger partial charge is 0.272 e. The van der Waals surface area contributed by atoms with Gasteiger partial charge in [0.2, 0.25) is 5.88 Å². The molecule has 2 atom stereocenters. The highest BCUT2D eigenvalue weighted by atomic mass is 19.1. The molecular formula is C23H23FN4O2. The Kier molecular flexibility index (Phi) is 4.73. The van der Waals surface area contributed by atoms with E-state index < -0.39 is 0 Å².